The van der Waals surface area contributed by atoms with E-state index in [-0.39, 0.29) is 5.91 Å². The molecule has 0 bridgehead atoms. The Morgan fingerprint density at radius 3 is 3.26 bits per heavy atom. The number of hydrogen-bond acceptors (Lipinski definition) is 2. The summed E-state index contributed by atoms with van der Waals surface area (Å²) >= 11 is 0. The molecule has 0 saturated carbocycles. The van der Waals surface area contributed by atoms with Gasteiger partial charge in [-0.05, 0) is 30.9 Å². The highest BCUT2D eigenvalue weighted by Crippen LogP contribution is 2.23. The molecule has 0 spiro atoms. The van der Waals surface area contributed by atoms with E-state index in [1.54, 1.807) is 6.20 Å². The number of carbonyl (C=O) groups is 1. The smallest absolute Gasteiger partial charge is 0.253 e. The summed E-state index contributed by atoms with van der Waals surface area (Å²) in [7, 11) is 0. The molecule has 1 unspecified atom stereocenters. The van der Waals surface area contributed by atoms with Crippen LogP contribution in [-0.2, 0) is 0 Å². The molecule has 1 aromatic heterocycles. The van der Waals surface area contributed by atoms with Crippen LogP contribution in [0.25, 0.3) is 10.9 Å². The molecular formula is C15H19N3O. The Morgan fingerprint density at radius 1 is 1.53 bits per heavy atom. The summed E-state index contributed by atoms with van der Waals surface area (Å²) in [5.74, 6) is 0.833. The molecule has 1 amide bonds. The Bertz CT molecular complexity index is 590. The maximum Gasteiger partial charge on any atom is 0.253 e. The highest BCUT2D eigenvalue weighted by molar-refractivity contribution is 5.97. The molecule has 1 aliphatic heterocycles. The van der Waals surface area contributed by atoms with E-state index in [9.17, 15) is 4.79 Å². The van der Waals surface area contributed by atoms with Crippen molar-refractivity contribution in [3.63, 3.8) is 0 Å². The zero-order valence-electron chi connectivity index (χ0n) is 11.2. The molecule has 100 valence electrons. The lowest BCUT2D eigenvalue weighted by atomic mass is 10.0. The van der Waals surface area contributed by atoms with Gasteiger partial charge < -0.3 is 4.90 Å². The average molecular weight is 257 g/mol. The number of nitrogens with one attached hydrogen (secondary N) is 1. The van der Waals surface area contributed by atoms with Crippen molar-refractivity contribution >= 4 is 16.8 Å². The summed E-state index contributed by atoms with van der Waals surface area (Å²) < 4.78 is 0. The van der Waals surface area contributed by atoms with E-state index in [0.717, 1.165) is 36.0 Å². The molecule has 1 N–H and O–H groups in total. The molecule has 2 aromatic rings. The third-order valence-electron chi connectivity index (χ3n) is 3.96. The number of likely N-dealkylation sites (tertiary alicyclic amines) is 1. The van der Waals surface area contributed by atoms with E-state index in [0.29, 0.717) is 5.92 Å². The fourth-order valence-corrected chi connectivity index (χ4v) is 2.91. The number of aromatic amines is 1. The Morgan fingerprint density at radius 2 is 2.42 bits per heavy atom. The average Bonchev–Trinajstić information content (AvgIpc) is 3.05. The van der Waals surface area contributed by atoms with Gasteiger partial charge in [0.1, 0.15) is 0 Å². The Labute approximate surface area is 112 Å². The van der Waals surface area contributed by atoms with Crippen molar-refractivity contribution in [2.75, 3.05) is 13.1 Å². The van der Waals surface area contributed by atoms with E-state index in [4.69, 9.17) is 0 Å². The third-order valence-corrected chi connectivity index (χ3v) is 3.96. The summed E-state index contributed by atoms with van der Waals surface area (Å²) in [6.45, 7) is 4.01. The predicted molar refractivity (Wildman–Crippen MR) is 75.0 cm³/mol. The van der Waals surface area contributed by atoms with Crippen LogP contribution in [0, 0.1) is 5.92 Å². The van der Waals surface area contributed by atoms with Crippen molar-refractivity contribution in [1.82, 2.24) is 15.1 Å². The lowest BCUT2D eigenvalue weighted by Crippen LogP contribution is -2.28. The minimum absolute atomic E-state index is 0.148. The predicted octanol–water partition coefficient (Wildman–Crippen LogP) is 2.83. The van der Waals surface area contributed by atoms with Crippen LogP contribution in [0.4, 0.5) is 0 Å². The molecule has 1 aliphatic rings. The minimum atomic E-state index is 0.148. The van der Waals surface area contributed by atoms with Gasteiger partial charge in [-0.3, -0.25) is 9.89 Å². The first kappa shape index (κ1) is 12.2. The van der Waals surface area contributed by atoms with E-state index in [2.05, 4.69) is 17.1 Å². The van der Waals surface area contributed by atoms with Crippen LogP contribution >= 0.6 is 0 Å². The summed E-state index contributed by atoms with van der Waals surface area (Å²) in [5, 5.41) is 7.94. The first-order valence-corrected chi connectivity index (χ1v) is 7.00. The van der Waals surface area contributed by atoms with E-state index >= 15 is 0 Å². The summed E-state index contributed by atoms with van der Waals surface area (Å²) in [5.41, 5.74) is 1.68. The molecule has 0 radical (unpaired) electrons. The molecule has 4 heteroatoms. The molecule has 2 heterocycles. The number of amides is 1. The second-order valence-corrected chi connectivity index (χ2v) is 5.37. The number of carbonyl (C=O) groups excluding carboxylic acids is 1. The largest absolute Gasteiger partial charge is 0.338 e. The molecular weight excluding hydrogens is 238 g/mol. The molecule has 19 heavy (non-hydrogen) atoms. The number of aromatic nitrogens is 2. The zero-order valence-corrected chi connectivity index (χ0v) is 11.2. The molecule has 0 aliphatic carbocycles. The van der Waals surface area contributed by atoms with Crippen LogP contribution < -0.4 is 0 Å². The van der Waals surface area contributed by atoms with Gasteiger partial charge in [0.15, 0.2) is 0 Å². The van der Waals surface area contributed by atoms with Gasteiger partial charge in [-0.2, -0.15) is 5.10 Å². The SMILES string of the molecule is CCCC1CCN(C(=O)c2ccc3cn[nH]c3c2)C1. The molecule has 1 fully saturated rings. The van der Waals surface area contributed by atoms with Crippen molar-refractivity contribution in [3.05, 3.63) is 30.0 Å². The van der Waals surface area contributed by atoms with Crippen molar-refractivity contribution < 1.29 is 4.79 Å². The molecule has 1 atom stereocenters. The Kier molecular flexibility index (Phi) is 3.23. The molecule has 1 aromatic carbocycles. The zero-order chi connectivity index (χ0) is 13.2. The second-order valence-electron chi connectivity index (χ2n) is 5.37. The maximum atomic E-state index is 12.5. The van der Waals surface area contributed by atoms with Gasteiger partial charge >= 0.3 is 0 Å². The monoisotopic (exact) mass is 257 g/mol. The van der Waals surface area contributed by atoms with Gasteiger partial charge in [-0.25, -0.2) is 0 Å². The van der Waals surface area contributed by atoms with Crippen molar-refractivity contribution in [2.45, 2.75) is 26.2 Å². The van der Waals surface area contributed by atoms with Crippen LogP contribution in [0.3, 0.4) is 0 Å². The normalized spacial score (nSPS) is 19.2. The Balaban J connectivity index is 1.76. The lowest BCUT2D eigenvalue weighted by Gasteiger charge is -2.16. The van der Waals surface area contributed by atoms with Crippen molar-refractivity contribution in [2.24, 2.45) is 5.92 Å². The minimum Gasteiger partial charge on any atom is -0.338 e. The molecule has 3 rings (SSSR count). The number of benzene rings is 1. The van der Waals surface area contributed by atoms with Crippen molar-refractivity contribution in [1.29, 1.82) is 0 Å². The van der Waals surface area contributed by atoms with Crippen molar-refractivity contribution in [3.8, 4) is 0 Å². The molecule has 1 saturated heterocycles. The van der Waals surface area contributed by atoms with E-state index < -0.39 is 0 Å². The van der Waals surface area contributed by atoms with Crippen LogP contribution in [0.2, 0.25) is 0 Å². The quantitative estimate of drug-likeness (QED) is 0.919. The number of hydrogen-bond donors (Lipinski definition) is 1. The van der Waals surface area contributed by atoms with Gasteiger partial charge in [-0.15, -0.1) is 0 Å². The third kappa shape index (κ3) is 2.35. The number of rotatable bonds is 3. The molecule has 4 nitrogen and oxygen atoms in total. The van der Waals surface area contributed by atoms with Crippen LogP contribution in [-0.4, -0.2) is 34.1 Å². The number of H-pyrrole nitrogens is 1. The summed E-state index contributed by atoms with van der Waals surface area (Å²) in [4.78, 5) is 14.4. The highest BCUT2D eigenvalue weighted by atomic mass is 16.2. The maximum absolute atomic E-state index is 12.5. The first-order chi connectivity index (χ1) is 9.28. The first-order valence-electron chi connectivity index (χ1n) is 7.00. The van der Waals surface area contributed by atoms with E-state index in [1.807, 2.05) is 23.1 Å². The highest BCUT2D eigenvalue weighted by Gasteiger charge is 2.26. The van der Waals surface area contributed by atoms with Crippen LogP contribution in [0.15, 0.2) is 24.4 Å². The number of fused-ring (bicyclic) bond motifs is 1. The van der Waals surface area contributed by atoms with Gasteiger partial charge in [0, 0.05) is 24.0 Å². The van der Waals surface area contributed by atoms with Crippen LogP contribution in [0.5, 0.6) is 0 Å². The topological polar surface area (TPSA) is 49.0 Å². The summed E-state index contributed by atoms with van der Waals surface area (Å²) in [6.07, 6.45) is 5.35. The fraction of sp³-hybridized carbons (Fsp3) is 0.467. The summed E-state index contributed by atoms with van der Waals surface area (Å²) in [6, 6.07) is 5.75. The fourth-order valence-electron chi connectivity index (χ4n) is 2.91. The lowest BCUT2D eigenvalue weighted by molar-refractivity contribution is 0.0786. The second kappa shape index (κ2) is 5.03. The van der Waals surface area contributed by atoms with Gasteiger partial charge in [0.25, 0.3) is 5.91 Å². The Hall–Kier alpha value is -1.84. The van der Waals surface area contributed by atoms with Crippen LogP contribution in [0.1, 0.15) is 36.5 Å². The standard InChI is InChI=1S/C15H19N3O/c1-2-3-11-6-7-18(10-11)15(19)12-4-5-13-9-16-17-14(13)8-12/h4-5,8-9,11H,2-3,6-7,10H2,1H3,(H,16,17). The van der Waals surface area contributed by atoms with E-state index in [1.165, 1.54) is 12.8 Å². The number of nitrogens with zero attached hydrogens (tertiary/aromatic N) is 2. The van der Waals surface area contributed by atoms with Gasteiger partial charge in [0.2, 0.25) is 0 Å². The van der Waals surface area contributed by atoms with Gasteiger partial charge in [0.05, 0.1) is 11.7 Å². The van der Waals surface area contributed by atoms with Gasteiger partial charge in [-0.1, -0.05) is 19.4 Å².